The van der Waals surface area contributed by atoms with Gasteiger partial charge in [0.05, 0.1) is 7.11 Å². The number of amides is 1. The maximum absolute atomic E-state index is 12.1. The summed E-state index contributed by atoms with van der Waals surface area (Å²) >= 11 is 0. The van der Waals surface area contributed by atoms with Crippen LogP contribution in [0.4, 0.5) is 0 Å². The van der Waals surface area contributed by atoms with Gasteiger partial charge in [-0.25, -0.2) is 0 Å². The lowest BCUT2D eigenvalue weighted by Gasteiger charge is -2.19. The number of ether oxygens (including phenoxy) is 1. The first-order valence-corrected chi connectivity index (χ1v) is 6.99. The van der Waals surface area contributed by atoms with E-state index in [0.29, 0.717) is 17.5 Å². The quantitative estimate of drug-likeness (QED) is 0.834. The summed E-state index contributed by atoms with van der Waals surface area (Å²) in [5, 5.41) is 6.80. The molecule has 118 valence electrons. The standard InChI is InChI=1S/C15H20N4O3/c1-9(16)8-13(20)18-14(15-17-10(2)22-19-15)11-6-4-5-7-12(11)21-3/h4-7,9,14H,8,16H2,1-3H3,(H,18,20). The number of nitrogens with zero attached hydrogens (tertiary/aromatic N) is 2. The monoisotopic (exact) mass is 304 g/mol. The summed E-state index contributed by atoms with van der Waals surface area (Å²) < 4.78 is 10.4. The van der Waals surface area contributed by atoms with Gasteiger partial charge in [-0.3, -0.25) is 4.79 Å². The second-order valence-corrected chi connectivity index (χ2v) is 5.10. The van der Waals surface area contributed by atoms with E-state index in [0.717, 1.165) is 5.56 Å². The molecule has 0 spiro atoms. The molecule has 0 saturated heterocycles. The average Bonchev–Trinajstić information content (AvgIpc) is 2.90. The van der Waals surface area contributed by atoms with Crippen molar-refractivity contribution in [3.63, 3.8) is 0 Å². The average molecular weight is 304 g/mol. The van der Waals surface area contributed by atoms with Gasteiger partial charge in [-0.2, -0.15) is 4.98 Å². The Morgan fingerprint density at radius 1 is 1.45 bits per heavy atom. The molecule has 1 aromatic carbocycles. The number of hydrogen-bond acceptors (Lipinski definition) is 6. The normalized spacial score (nSPS) is 13.5. The molecule has 3 N–H and O–H groups in total. The van der Waals surface area contributed by atoms with E-state index in [-0.39, 0.29) is 18.4 Å². The third kappa shape index (κ3) is 3.82. The molecular formula is C15H20N4O3. The summed E-state index contributed by atoms with van der Waals surface area (Å²) in [6, 6.07) is 6.58. The zero-order valence-electron chi connectivity index (χ0n) is 12.9. The van der Waals surface area contributed by atoms with Crippen LogP contribution in [0.15, 0.2) is 28.8 Å². The Kier molecular flexibility index (Phi) is 5.11. The van der Waals surface area contributed by atoms with E-state index in [2.05, 4.69) is 15.5 Å². The molecule has 0 bridgehead atoms. The molecule has 7 heteroatoms. The Balaban J connectivity index is 2.35. The SMILES string of the molecule is COc1ccccc1C(NC(=O)CC(C)N)c1noc(C)n1. The van der Waals surface area contributed by atoms with Crippen LogP contribution in [0.25, 0.3) is 0 Å². The minimum atomic E-state index is -0.556. The molecule has 2 atom stereocenters. The number of hydrogen-bond donors (Lipinski definition) is 2. The molecule has 0 aliphatic heterocycles. The number of methoxy groups -OCH3 is 1. The fraction of sp³-hybridized carbons (Fsp3) is 0.400. The highest BCUT2D eigenvalue weighted by atomic mass is 16.5. The van der Waals surface area contributed by atoms with Crippen molar-refractivity contribution < 1.29 is 14.1 Å². The summed E-state index contributed by atoms with van der Waals surface area (Å²) in [4.78, 5) is 16.3. The van der Waals surface area contributed by atoms with Gasteiger partial charge in [0.2, 0.25) is 11.8 Å². The molecule has 22 heavy (non-hydrogen) atoms. The molecule has 0 aliphatic rings. The van der Waals surface area contributed by atoms with Crippen molar-refractivity contribution in [1.82, 2.24) is 15.5 Å². The molecule has 2 rings (SSSR count). The number of benzene rings is 1. The molecule has 2 aromatic rings. The number of rotatable bonds is 6. The molecular weight excluding hydrogens is 284 g/mol. The fourth-order valence-electron chi connectivity index (χ4n) is 2.13. The van der Waals surface area contributed by atoms with Crippen LogP contribution < -0.4 is 15.8 Å². The molecule has 0 aliphatic carbocycles. The second kappa shape index (κ2) is 7.04. The smallest absolute Gasteiger partial charge is 0.223 e. The van der Waals surface area contributed by atoms with Crippen molar-refractivity contribution in [2.75, 3.05) is 7.11 Å². The first kappa shape index (κ1) is 16.0. The lowest BCUT2D eigenvalue weighted by molar-refractivity contribution is -0.121. The zero-order valence-corrected chi connectivity index (χ0v) is 12.9. The van der Waals surface area contributed by atoms with Crippen molar-refractivity contribution in [2.24, 2.45) is 5.73 Å². The maximum Gasteiger partial charge on any atom is 0.223 e. The second-order valence-electron chi connectivity index (χ2n) is 5.10. The van der Waals surface area contributed by atoms with Gasteiger partial charge in [-0.05, 0) is 13.0 Å². The zero-order chi connectivity index (χ0) is 16.1. The van der Waals surface area contributed by atoms with Crippen molar-refractivity contribution >= 4 is 5.91 Å². The van der Waals surface area contributed by atoms with Gasteiger partial charge in [0, 0.05) is 24.9 Å². The third-order valence-corrected chi connectivity index (χ3v) is 3.06. The highest BCUT2D eigenvalue weighted by Crippen LogP contribution is 2.28. The number of aryl methyl sites for hydroxylation is 1. The lowest BCUT2D eigenvalue weighted by atomic mass is 10.0. The predicted octanol–water partition coefficient (Wildman–Crippen LogP) is 1.33. The summed E-state index contributed by atoms with van der Waals surface area (Å²) in [5.41, 5.74) is 6.42. The van der Waals surface area contributed by atoms with E-state index in [1.54, 1.807) is 21.0 Å². The molecule has 1 amide bonds. The molecule has 0 fully saturated rings. The van der Waals surface area contributed by atoms with E-state index in [4.69, 9.17) is 15.0 Å². The Morgan fingerprint density at radius 2 is 2.18 bits per heavy atom. The number of nitrogens with two attached hydrogens (primary N) is 1. The maximum atomic E-state index is 12.1. The number of aromatic nitrogens is 2. The van der Waals surface area contributed by atoms with Crippen molar-refractivity contribution in [1.29, 1.82) is 0 Å². The van der Waals surface area contributed by atoms with Crippen LogP contribution in [0.3, 0.4) is 0 Å². The van der Waals surface area contributed by atoms with Gasteiger partial charge in [-0.15, -0.1) is 0 Å². The van der Waals surface area contributed by atoms with Crippen LogP contribution >= 0.6 is 0 Å². The number of carbonyl (C=O) groups excluding carboxylic acids is 1. The minimum absolute atomic E-state index is 0.187. The summed E-state index contributed by atoms with van der Waals surface area (Å²) in [7, 11) is 1.57. The minimum Gasteiger partial charge on any atom is -0.496 e. The van der Waals surface area contributed by atoms with Crippen LogP contribution in [-0.2, 0) is 4.79 Å². The first-order valence-electron chi connectivity index (χ1n) is 6.99. The summed E-state index contributed by atoms with van der Waals surface area (Å²) in [6.07, 6.45) is 0.211. The summed E-state index contributed by atoms with van der Waals surface area (Å²) in [5.74, 6) is 1.25. The molecule has 0 saturated carbocycles. The predicted molar refractivity (Wildman–Crippen MR) is 80.3 cm³/mol. The molecule has 2 unspecified atom stereocenters. The van der Waals surface area contributed by atoms with Crippen molar-refractivity contribution in [3.05, 3.63) is 41.5 Å². The van der Waals surface area contributed by atoms with Gasteiger partial charge in [0.25, 0.3) is 0 Å². The topological polar surface area (TPSA) is 103 Å². The Labute approximate surface area is 128 Å². The van der Waals surface area contributed by atoms with E-state index in [1.807, 2.05) is 24.3 Å². The van der Waals surface area contributed by atoms with Gasteiger partial charge in [0.1, 0.15) is 11.8 Å². The van der Waals surface area contributed by atoms with Gasteiger partial charge in [0.15, 0.2) is 5.82 Å². The molecule has 7 nitrogen and oxygen atoms in total. The molecule has 1 heterocycles. The van der Waals surface area contributed by atoms with Gasteiger partial charge in [-0.1, -0.05) is 23.4 Å². The Morgan fingerprint density at radius 3 is 2.77 bits per heavy atom. The molecule has 1 aromatic heterocycles. The summed E-state index contributed by atoms with van der Waals surface area (Å²) in [6.45, 7) is 3.47. The van der Waals surface area contributed by atoms with Crippen molar-refractivity contribution in [2.45, 2.75) is 32.4 Å². The number of para-hydroxylation sites is 1. The van der Waals surface area contributed by atoms with E-state index in [9.17, 15) is 4.79 Å². The van der Waals surface area contributed by atoms with E-state index < -0.39 is 6.04 Å². The Hall–Kier alpha value is -2.41. The van der Waals surface area contributed by atoms with Crippen LogP contribution in [0.5, 0.6) is 5.75 Å². The highest BCUT2D eigenvalue weighted by molar-refractivity contribution is 5.77. The van der Waals surface area contributed by atoms with Gasteiger partial charge < -0.3 is 20.3 Å². The number of carbonyl (C=O) groups is 1. The van der Waals surface area contributed by atoms with Crippen LogP contribution in [0, 0.1) is 6.92 Å². The van der Waals surface area contributed by atoms with Crippen LogP contribution in [0.1, 0.15) is 36.7 Å². The highest BCUT2D eigenvalue weighted by Gasteiger charge is 2.25. The van der Waals surface area contributed by atoms with E-state index in [1.165, 1.54) is 0 Å². The van der Waals surface area contributed by atoms with Gasteiger partial charge >= 0.3 is 0 Å². The van der Waals surface area contributed by atoms with Crippen LogP contribution in [-0.4, -0.2) is 29.2 Å². The third-order valence-electron chi connectivity index (χ3n) is 3.06. The Bertz CT molecular complexity index is 639. The fourth-order valence-corrected chi connectivity index (χ4v) is 2.13. The van der Waals surface area contributed by atoms with E-state index >= 15 is 0 Å². The largest absolute Gasteiger partial charge is 0.496 e. The van der Waals surface area contributed by atoms with Crippen LogP contribution in [0.2, 0.25) is 0 Å². The molecule has 0 radical (unpaired) electrons. The first-order chi connectivity index (χ1) is 10.5. The lowest BCUT2D eigenvalue weighted by Crippen LogP contribution is -2.34. The van der Waals surface area contributed by atoms with Crippen molar-refractivity contribution in [3.8, 4) is 5.75 Å². The number of nitrogens with one attached hydrogen (secondary N) is 1.